The molecule has 0 unspecified atom stereocenters. The van der Waals surface area contributed by atoms with Crippen molar-refractivity contribution >= 4 is 22.7 Å². The number of methoxy groups -OCH3 is 1. The van der Waals surface area contributed by atoms with Gasteiger partial charge in [-0.25, -0.2) is 4.98 Å². The molecule has 26 heavy (non-hydrogen) atoms. The predicted octanol–water partition coefficient (Wildman–Crippen LogP) is 5.40. The summed E-state index contributed by atoms with van der Waals surface area (Å²) in [5.41, 5.74) is 6.00. The average Bonchev–Trinajstić information content (AvgIpc) is 2.65. The number of nitrogens with zero attached hydrogens (tertiary/aromatic N) is 2. The van der Waals surface area contributed by atoms with Gasteiger partial charge in [-0.15, -0.1) is 0 Å². The first-order valence-electron chi connectivity index (χ1n) is 9.34. The standard InChI is InChI=1S/C23H22N2O/c1-26-22-12-6-9-17-13-18-15-25(19-10-3-2-4-11-19)21(16-7-5-8-16)14-20(18)24-23(17)22/h2-4,6,9-14,16H,5,7-8,15H2,1H3. The zero-order valence-corrected chi connectivity index (χ0v) is 15.0. The fraction of sp³-hybridized carbons (Fsp3) is 0.261. The minimum absolute atomic E-state index is 0.651. The Bertz CT molecular complexity index is 990. The van der Waals surface area contributed by atoms with E-state index >= 15 is 0 Å². The first-order chi connectivity index (χ1) is 12.8. The van der Waals surface area contributed by atoms with Crippen molar-refractivity contribution in [2.24, 2.45) is 5.92 Å². The topological polar surface area (TPSA) is 25.4 Å². The van der Waals surface area contributed by atoms with Crippen molar-refractivity contribution in [1.82, 2.24) is 4.98 Å². The molecule has 5 rings (SSSR count). The highest BCUT2D eigenvalue weighted by atomic mass is 16.5. The molecule has 0 bridgehead atoms. The molecule has 3 nitrogen and oxygen atoms in total. The molecule has 1 aromatic heterocycles. The van der Waals surface area contributed by atoms with Crippen molar-refractivity contribution in [2.45, 2.75) is 25.8 Å². The maximum absolute atomic E-state index is 5.52. The minimum Gasteiger partial charge on any atom is -0.494 e. The van der Waals surface area contributed by atoms with E-state index in [-0.39, 0.29) is 0 Å². The monoisotopic (exact) mass is 342 g/mol. The Balaban J connectivity index is 1.66. The van der Waals surface area contributed by atoms with Crippen molar-refractivity contribution in [3.63, 3.8) is 0 Å². The first kappa shape index (κ1) is 15.4. The second-order valence-corrected chi connectivity index (χ2v) is 7.18. The van der Waals surface area contributed by atoms with E-state index in [1.807, 2.05) is 12.1 Å². The van der Waals surface area contributed by atoms with Gasteiger partial charge in [0.05, 0.1) is 12.8 Å². The molecular formula is C23H22N2O. The van der Waals surface area contributed by atoms with Crippen LogP contribution in [0.15, 0.2) is 60.3 Å². The summed E-state index contributed by atoms with van der Waals surface area (Å²) in [6.07, 6.45) is 6.20. The molecule has 0 saturated heterocycles. The number of hydrogen-bond donors (Lipinski definition) is 0. The predicted molar refractivity (Wildman–Crippen MR) is 106 cm³/mol. The van der Waals surface area contributed by atoms with Crippen LogP contribution in [0.4, 0.5) is 5.69 Å². The lowest BCUT2D eigenvalue weighted by Gasteiger charge is -2.39. The molecule has 0 N–H and O–H groups in total. The van der Waals surface area contributed by atoms with Gasteiger partial charge in [0.2, 0.25) is 0 Å². The van der Waals surface area contributed by atoms with E-state index in [1.54, 1.807) is 7.11 Å². The van der Waals surface area contributed by atoms with Gasteiger partial charge >= 0.3 is 0 Å². The van der Waals surface area contributed by atoms with Gasteiger partial charge in [-0.05, 0) is 54.7 Å². The number of benzene rings is 2. The molecule has 0 amide bonds. The van der Waals surface area contributed by atoms with E-state index in [4.69, 9.17) is 9.72 Å². The van der Waals surface area contributed by atoms with E-state index in [9.17, 15) is 0 Å². The van der Waals surface area contributed by atoms with Crippen molar-refractivity contribution in [2.75, 3.05) is 12.0 Å². The zero-order chi connectivity index (χ0) is 17.5. The van der Waals surface area contributed by atoms with Gasteiger partial charge in [-0.2, -0.15) is 0 Å². The number of ether oxygens (including phenoxy) is 1. The third-order valence-corrected chi connectivity index (χ3v) is 5.66. The van der Waals surface area contributed by atoms with Crippen LogP contribution in [0.3, 0.4) is 0 Å². The molecule has 2 aliphatic rings. The largest absolute Gasteiger partial charge is 0.494 e. The molecule has 1 saturated carbocycles. The molecule has 1 aliphatic heterocycles. The van der Waals surface area contributed by atoms with Gasteiger partial charge in [0.25, 0.3) is 0 Å². The number of fused-ring (bicyclic) bond motifs is 2. The van der Waals surface area contributed by atoms with Crippen LogP contribution in [0.2, 0.25) is 0 Å². The maximum atomic E-state index is 5.52. The average molecular weight is 342 g/mol. The first-order valence-corrected chi connectivity index (χ1v) is 9.34. The Morgan fingerprint density at radius 1 is 1.04 bits per heavy atom. The molecule has 0 spiro atoms. The number of aromatic nitrogens is 1. The Labute approximate surface area is 153 Å². The van der Waals surface area contributed by atoms with Gasteiger partial charge in [-0.1, -0.05) is 36.8 Å². The maximum Gasteiger partial charge on any atom is 0.145 e. The van der Waals surface area contributed by atoms with E-state index in [0.717, 1.165) is 28.9 Å². The molecular weight excluding hydrogens is 320 g/mol. The second kappa shape index (κ2) is 6.17. The second-order valence-electron chi connectivity index (χ2n) is 7.18. The summed E-state index contributed by atoms with van der Waals surface area (Å²) in [5.74, 6) is 1.49. The summed E-state index contributed by atoms with van der Waals surface area (Å²) in [4.78, 5) is 7.45. The van der Waals surface area contributed by atoms with Gasteiger partial charge in [0, 0.05) is 23.3 Å². The van der Waals surface area contributed by atoms with Crippen molar-refractivity contribution in [1.29, 1.82) is 0 Å². The van der Waals surface area contributed by atoms with Gasteiger partial charge in [0.15, 0.2) is 0 Å². The van der Waals surface area contributed by atoms with Crippen LogP contribution in [0.1, 0.15) is 30.5 Å². The normalized spacial score (nSPS) is 16.8. The molecule has 3 aromatic rings. The summed E-state index contributed by atoms with van der Waals surface area (Å²) in [6.45, 7) is 0.877. The van der Waals surface area contributed by atoms with Gasteiger partial charge in [0.1, 0.15) is 11.3 Å². The molecule has 2 heterocycles. The lowest BCUT2D eigenvalue weighted by molar-refractivity contribution is 0.360. The summed E-state index contributed by atoms with van der Waals surface area (Å²) < 4.78 is 5.52. The highest BCUT2D eigenvalue weighted by Gasteiger charge is 2.30. The third kappa shape index (κ3) is 2.47. The Kier molecular flexibility index (Phi) is 3.66. The molecule has 130 valence electrons. The quantitative estimate of drug-likeness (QED) is 0.637. The summed E-state index contributed by atoms with van der Waals surface area (Å²) in [6, 6.07) is 19.1. The Morgan fingerprint density at radius 3 is 2.62 bits per heavy atom. The number of pyridine rings is 1. The summed E-state index contributed by atoms with van der Waals surface area (Å²) in [5, 5.41) is 1.14. The smallest absolute Gasteiger partial charge is 0.145 e. The number of rotatable bonds is 3. The van der Waals surface area contributed by atoms with E-state index in [1.165, 1.54) is 36.2 Å². The molecule has 0 atom stereocenters. The summed E-state index contributed by atoms with van der Waals surface area (Å²) >= 11 is 0. The van der Waals surface area contributed by atoms with Crippen molar-refractivity contribution in [3.8, 4) is 5.75 Å². The summed E-state index contributed by atoms with van der Waals surface area (Å²) in [7, 11) is 1.71. The zero-order valence-electron chi connectivity index (χ0n) is 15.0. The van der Waals surface area contributed by atoms with Crippen LogP contribution in [0.25, 0.3) is 17.0 Å². The van der Waals surface area contributed by atoms with Crippen molar-refractivity contribution in [3.05, 3.63) is 71.6 Å². The van der Waals surface area contributed by atoms with Crippen LogP contribution >= 0.6 is 0 Å². The fourth-order valence-corrected chi connectivity index (χ4v) is 4.02. The minimum atomic E-state index is 0.651. The SMILES string of the molecule is COc1cccc2cc3c(nc12)C=C(C1CCC1)N(c1ccccc1)C3. The van der Waals surface area contributed by atoms with E-state index in [2.05, 4.69) is 53.4 Å². The molecule has 1 aliphatic carbocycles. The highest BCUT2D eigenvalue weighted by molar-refractivity contribution is 5.87. The van der Waals surface area contributed by atoms with Crippen LogP contribution in [0, 0.1) is 5.92 Å². The van der Waals surface area contributed by atoms with E-state index < -0.39 is 0 Å². The fourth-order valence-electron chi connectivity index (χ4n) is 4.02. The number of hydrogen-bond acceptors (Lipinski definition) is 3. The number of para-hydroxylation sites is 2. The lowest BCUT2D eigenvalue weighted by atomic mass is 9.80. The lowest BCUT2D eigenvalue weighted by Crippen LogP contribution is -2.32. The van der Waals surface area contributed by atoms with Crippen LogP contribution in [-0.4, -0.2) is 12.1 Å². The van der Waals surface area contributed by atoms with Crippen molar-refractivity contribution < 1.29 is 4.74 Å². The van der Waals surface area contributed by atoms with Crippen LogP contribution in [0.5, 0.6) is 5.75 Å². The number of anilines is 1. The van der Waals surface area contributed by atoms with Crippen LogP contribution < -0.4 is 9.64 Å². The highest BCUT2D eigenvalue weighted by Crippen LogP contribution is 2.41. The molecule has 3 heteroatoms. The Hall–Kier alpha value is -2.81. The van der Waals surface area contributed by atoms with Gasteiger partial charge in [-0.3, -0.25) is 0 Å². The molecule has 1 fully saturated rings. The van der Waals surface area contributed by atoms with Crippen LogP contribution in [-0.2, 0) is 6.54 Å². The molecule has 2 aromatic carbocycles. The van der Waals surface area contributed by atoms with E-state index in [0.29, 0.717) is 5.92 Å². The third-order valence-electron chi connectivity index (χ3n) is 5.66. The number of allylic oxidation sites excluding steroid dienone is 1. The molecule has 0 radical (unpaired) electrons. The van der Waals surface area contributed by atoms with Gasteiger partial charge < -0.3 is 9.64 Å². The Morgan fingerprint density at radius 2 is 1.88 bits per heavy atom.